The van der Waals surface area contributed by atoms with Gasteiger partial charge < -0.3 is 18.9 Å². The third-order valence-electron chi connectivity index (χ3n) is 7.42. The molecular formula is C27H34N6O3. The van der Waals surface area contributed by atoms with E-state index < -0.39 is 0 Å². The highest BCUT2D eigenvalue weighted by atomic mass is 16.6. The molecule has 9 heteroatoms. The van der Waals surface area contributed by atoms with E-state index in [1.165, 1.54) is 5.56 Å². The molecule has 3 atom stereocenters. The monoisotopic (exact) mass is 490 g/mol. The number of rotatable bonds is 4. The number of nitriles is 1. The van der Waals surface area contributed by atoms with Gasteiger partial charge in [-0.3, -0.25) is 14.4 Å². The Hall–Kier alpha value is -3.51. The normalized spacial score (nSPS) is 22.4. The van der Waals surface area contributed by atoms with Gasteiger partial charge in [-0.1, -0.05) is 6.07 Å². The highest BCUT2D eigenvalue weighted by Crippen LogP contribution is 2.39. The highest BCUT2D eigenvalue weighted by Gasteiger charge is 2.35. The maximum atomic E-state index is 12.8. The van der Waals surface area contributed by atoms with Crippen molar-refractivity contribution in [3.05, 3.63) is 46.4 Å². The number of ether oxygens (including phenoxy) is 2. The first-order chi connectivity index (χ1) is 17.1. The smallest absolute Gasteiger partial charge is 0.252 e. The number of benzene rings is 1. The van der Waals surface area contributed by atoms with Crippen molar-refractivity contribution in [1.82, 2.24) is 19.2 Å². The van der Waals surface area contributed by atoms with Crippen molar-refractivity contribution < 1.29 is 9.47 Å². The quantitative estimate of drug-likeness (QED) is 0.553. The van der Waals surface area contributed by atoms with E-state index in [0.29, 0.717) is 6.61 Å². The van der Waals surface area contributed by atoms with Crippen LogP contribution >= 0.6 is 0 Å². The van der Waals surface area contributed by atoms with E-state index in [0.717, 1.165) is 41.3 Å². The first-order valence-corrected chi connectivity index (χ1v) is 12.5. The number of hydrogen-bond acceptors (Lipinski definition) is 7. The van der Waals surface area contributed by atoms with Gasteiger partial charge in [0.15, 0.2) is 11.5 Å². The van der Waals surface area contributed by atoms with Gasteiger partial charge in [0, 0.05) is 44.3 Å². The first kappa shape index (κ1) is 24.2. The predicted octanol–water partition coefficient (Wildman–Crippen LogP) is 3.47. The van der Waals surface area contributed by atoms with E-state index in [4.69, 9.17) is 14.7 Å². The fourth-order valence-corrected chi connectivity index (χ4v) is 5.39. The first-order valence-electron chi connectivity index (χ1n) is 12.5. The second kappa shape index (κ2) is 8.86. The number of nitrogens with zero attached hydrogens (tertiary/aromatic N) is 6. The van der Waals surface area contributed by atoms with Crippen LogP contribution in [0.4, 0.5) is 5.69 Å². The number of hydrogen-bond donors (Lipinski definition) is 0. The maximum absolute atomic E-state index is 12.8. The van der Waals surface area contributed by atoms with Gasteiger partial charge in [0.2, 0.25) is 0 Å². The molecule has 4 heterocycles. The predicted molar refractivity (Wildman–Crippen MR) is 139 cm³/mol. The van der Waals surface area contributed by atoms with E-state index in [1.54, 1.807) is 28.6 Å². The minimum Gasteiger partial charge on any atom is -0.486 e. The summed E-state index contributed by atoms with van der Waals surface area (Å²) in [6.07, 6.45) is 1.78. The summed E-state index contributed by atoms with van der Waals surface area (Å²) < 4.78 is 15.3. The van der Waals surface area contributed by atoms with E-state index in [-0.39, 0.29) is 35.8 Å². The number of anilines is 1. The summed E-state index contributed by atoms with van der Waals surface area (Å²) in [6.45, 7) is 13.0. The van der Waals surface area contributed by atoms with Crippen LogP contribution in [0, 0.1) is 11.3 Å². The molecular weight excluding hydrogens is 456 g/mol. The fourth-order valence-electron chi connectivity index (χ4n) is 5.39. The molecule has 0 unspecified atom stereocenters. The van der Waals surface area contributed by atoms with Crippen LogP contribution in [0.1, 0.15) is 46.2 Å². The number of pyridine rings is 1. The van der Waals surface area contributed by atoms with Gasteiger partial charge in [0.25, 0.3) is 5.56 Å². The maximum Gasteiger partial charge on any atom is 0.252 e. The minimum atomic E-state index is -0.347. The zero-order valence-electron chi connectivity index (χ0n) is 21.9. The van der Waals surface area contributed by atoms with Crippen LogP contribution in [0.5, 0.6) is 11.5 Å². The SMILES string of the molecule is C[C@@H]1CN([C@@H](C)c2ccc3c(c2)OC(C)(C)CO3)[C@@H](C)CN1c1cc(=O)n(C)c2cn(CC#N)nc12. The van der Waals surface area contributed by atoms with Crippen LogP contribution < -0.4 is 19.9 Å². The van der Waals surface area contributed by atoms with Gasteiger partial charge in [-0.05, 0) is 52.3 Å². The molecule has 0 radical (unpaired) electrons. The number of aromatic nitrogens is 3. The third kappa shape index (κ3) is 4.20. The zero-order valence-corrected chi connectivity index (χ0v) is 21.9. The molecule has 9 nitrogen and oxygen atoms in total. The molecule has 0 N–H and O–H groups in total. The zero-order chi connectivity index (χ0) is 25.8. The number of aryl methyl sites for hydroxylation is 1. The molecule has 1 saturated heterocycles. The fraction of sp³-hybridized carbons (Fsp3) is 0.519. The molecule has 3 aromatic rings. The van der Waals surface area contributed by atoms with Crippen molar-refractivity contribution in [2.24, 2.45) is 7.05 Å². The summed E-state index contributed by atoms with van der Waals surface area (Å²) in [4.78, 5) is 17.6. The van der Waals surface area contributed by atoms with Crippen molar-refractivity contribution in [1.29, 1.82) is 5.26 Å². The summed E-state index contributed by atoms with van der Waals surface area (Å²) in [5.41, 5.74) is 3.08. The van der Waals surface area contributed by atoms with E-state index >= 15 is 0 Å². The minimum absolute atomic E-state index is 0.0798. The second-order valence-corrected chi connectivity index (χ2v) is 10.7. The van der Waals surface area contributed by atoms with Crippen molar-refractivity contribution in [2.45, 2.75) is 64.9 Å². The van der Waals surface area contributed by atoms with Crippen LogP contribution in [0.25, 0.3) is 11.0 Å². The summed E-state index contributed by atoms with van der Waals surface area (Å²) in [6, 6.07) is 10.6. The molecule has 1 aromatic carbocycles. The molecule has 1 fully saturated rings. The van der Waals surface area contributed by atoms with Crippen LogP contribution in [0.15, 0.2) is 35.3 Å². The lowest BCUT2D eigenvalue weighted by Crippen LogP contribution is -2.57. The summed E-state index contributed by atoms with van der Waals surface area (Å²) in [7, 11) is 1.74. The van der Waals surface area contributed by atoms with Crippen LogP contribution in [-0.4, -0.2) is 56.6 Å². The standard InChI is InChI=1S/C27H34N6O3/c1-17-14-33(21-12-25(34)30(6)22-15-31(10-9-28)29-26(21)22)18(2)13-32(17)19(3)20-7-8-23-24(11-20)36-27(4,5)16-35-23/h7-8,11-12,15,17-19H,10,13-14,16H2,1-6H3/t17-,18+,19-/m0/s1. The molecule has 0 amide bonds. The Balaban J connectivity index is 1.42. The van der Waals surface area contributed by atoms with Gasteiger partial charge >= 0.3 is 0 Å². The van der Waals surface area contributed by atoms with Crippen molar-refractivity contribution >= 4 is 16.7 Å². The molecule has 0 spiro atoms. The average molecular weight is 491 g/mol. The molecule has 2 aliphatic heterocycles. The molecule has 5 rings (SSSR count). The summed E-state index contributed by atoms with van der Waals surface area (Å²) in [5, 5.41) is 13.8. The average Bonchev–Trinajstić information content (AvgIpc) is 3.25. The topological polar surface area (TPSA) is 88.5 Å². The Morgan fingerprint density at radius 3 is 2.72 bits per heavy atom. The lowest BCUT2D eigenvalue weighted by atomic mass is 9.99. The van der Waals surface area contributed by atoms with Crippen LogP contribution in [0.3, 0.4) is 0 Å². The van der Waals surface area contributed by atoms with Gasteiger partial charge in [-0.15, -0.1) is 0 Å². The molecule has 2 aliphatic rings. The lowest BCUT2D eigenvalue weighted by molar-refractivity contribution is 0.0209. The van der Waals surface area contributed by atoms with Gasteiger partial charge in [-0.25, -0.2) is 0 Å². The van der Waals surface area contributed by atoms with Gasteiger partial charge in [0.05, 0.1) is 23.5 Å². The van der Waals surface area contributed by atoms with Crippen LogP contribution in [0.2, 0.25) is 0 Å². The second-order valence-electron chi connectivity index (χ2n) is 10.7. The van der Waals surface area contributed by atoms with E-state index in [9.17, 15) is 4.79 Å². The Bertz CT molecular complexity index is 1400. The summed E-state index contributed by atoms with van der Waals surface area (Å²) in [5.74, 6) is 1.59. The van der Waals surface area contributed by atoms with E-state index in [2.05, 4.69) is 53.9 Å². The largest absolute Gasteiger partial charge is 0.486 e. The van der Waals surface area contributed by atoms with Crippen LogP contribution in [-0.2, 0) is 13.6 Å². The van der Waals surface area contributed by atoms with Crippen molar-refractivity contribution in [3.63, 3.8) is 0 Å². The Morgan fingerprint density at radius 1 is 1.19 bits per heavy atom. The summed E-state index contributed by atoms with van der Waals surface area (Å²) >= 11 is 0. The number of piperazine rings is 1. The molecule has 0 saturated carbocycles. The van der Waals surface area contributed by atoms with E-state index in [1.807, 2.05) is 19.9 Å². The highest BCUT2D eigenvalue weighted by molar-refractivity contribution is 5.88. The number of fused-ring (bicyclic) bond motifs is 2. The molecule has 0 aliphatic carbocycles. The Labute approximate surface area is 211 Å². The Kier molecular flexibility index (Phi) is 5.95. The molecule has 2 aromatic heterocycles. The lowest BCUT2D eigenvalue weighted by Gasteiger charge is -2.47. The molecule has 36 heavy (non-hydrogen) atoms. The molecule has 0 bridgehead atoms. The van der Waals surface area contributed by atoms with Gasteiger partial charge in [-0.2, -0.15) is 10.4 Å². The van der Waals surface area contributed by atoms with Gasteiger partial charge in [0.1, 0.15) is 24.3 Å². The molecule has 190 valence electrons. The van der Waals surface area contributed by atoms with Crippen molar-refractivity contribution in [3.8, 4) is 17.6 Å². The van der Waals surface area contributed by atoms with Crippen molar-refractivity contribution in [2.75, 3.05) is 24.6 Å². The third-order valence-corrected chi connectivity index (χ3v) is 7.42. The Morgan fingerprint density at radius 2 is 1.97 bits per heavy atom.